The Morgan fingerprint density at radius 3 is 2.00 bits per heavy atom. The molecule has 2 heteroatoms. The average Bonchev–Trinajstić information content (AvgIpc) is 2.46. The van der Waals surface area contributed by atoms with E-state index in [9.17, 15) is 4.39 Å². The Morgan fingerprint density at radius 1 is 0.857 bits per heavy atom. The van der Waals surface area contributed by atoms with Crippen LogP contribution < -0.4 is 5.32 Å². The highest BCUT2D eigenvalue weighted by atomic mass is 19.1. The largest absolute Gasteiger partial charge is 0.306 e. The Labute approximate surface area is 127 Å². The summed E-state index contributed by atoms with van der Waals surface area (Å²) in [5.41, 5.74) is 3.77. The summed E-state index contributed by atoms with van der Waals surface area (Å²) in [6, 6.07) is 15.7. The topological polar surface area (TPSA) is 12.0 Å². The molecule has 0 aliphatic carbocycles. The molecule has 0 aliphatic rings. The van der Waals surface area contributed by atoms with Crippen molar-refractivity contribution in [2.24, 2.45) is 5.92 Å². The quantitative estimate of drug-likeness (QED) is 0.798. The van der Waals surface area contributed by atoms with Crippen molar-refractivity contribution in [2.75, 3.05) is 0 Å². The molecule has 0 unspecified atom stereocenters. The molecule has 2 aromatic carbocycles. The van der Waals surface area contributed by atoms with Gasteiger partial charge in [0.05, 0.1) is 0 Å². The molecule has 21 heavy (non-hydrogen) atoms. The smallest absolute Gasteiger partial charge is 0.123 e. The summed E-state index contributed by atoms with van der Waals surface area (Å²) in [5.74, 6) is 0.499. The lowest BCUT2D eigenvalue weighted by atomic mass is 10.0. The maximum absolute atomic E-state index is 12.9. The van der Waals surface area contributed by atoms with Crippen molar-refractivity contribution < 1.29 is 4.39 Å². The van der Waals surface area contributed by atoms with Gasteiger partial charge in [-0.2, -0.15) is 0 Å². The molecule has 1 atom stereocenters. The third-order valence-corrected chi connectivity index (χ3v) is 3.65. The second-order valence-corrected chi connectivity index (χ2v) is 6.07. The Bertz CT molecular complexity index is 543. The first-order valence-corrected chi connectivity index (χ1v) is 7.61. The molecule has 0 fully saturated rings. The third-order valence-electron chi connectivity index (χ3n) is 3.65. The summed E-state index contributed by atoms with van der Waals surface area (Å²) in [6.45, 7) is 7.39. The first kappa shape index (κ1) is 15.7. The van der Waals surface area contributed by atoms with E-state index < -0.39 is 0 Å². The highest BCUT2D eigenvalue weighted by Crippen LogP contribution is 2.14. The molecule has 0 bridgehead atoms. The molecule has 2 aromatic rings. The Morgan fingerprint density at radius 2 is 1.43 bits per heavy atom. The van der Waals surface area contributed by atoms with Gasteiger partial charge in [0.25, 0.3) is 0 Å². The van der Waals surface area contributed by atoms with Crippen LogP contribution in [0.15, 0.2) is 48.5 Å². The zero-order valence-corrected chi connectivity index (χ0v) is 13.1. The molecule has 1 N–H and O–H groups in total. The van der Waals surface area contributed by atoms with Crippen LogP contribution in [0.1, 0.15) is 43.5 Å². The fourth-order valence-electron chi connectivity index (χ4n) is 2.40. The van der Waals surface area contributed by atoms with E-state index in [0.717, 1.165) is 18.5 Å². The molecule has 0 radical (unpaired) electrons. The minimum absolute atomic E-state index is 0.188. The van der Waals surface area contributed by atoms with E-state index in [1.54, 1.807) is 0 Å². The highest BCUT2D eigenvalue weighted by molar-refractivity contribution is 5.24. The lowest BCUT2D eigenvalue weighted by Gasteiger charge is -2.14. The maximum atomic E-state index is 12.9. The van der Waals surface area contributed by atoms with Gasteiger partial charge in [-0.05, 0) is 48.1 Å². The lowest BCUT2D eigenvalue weighted by Crippen LogP contribution is -2.18. The summed E-state index contributed by atoms with van der Waals surface area (Å²) in [6.07, 6.45) is 1.12. The normalized spacial score (nSPS) is 12.6. The molecule has 112 valence electrons. The van der Waals surface area contributed by atoms with E-state index >= 15 is 0 Å². The van der Waals surface area contributed by atoms with Crippen LogP contribution in [0, 0.1) is 11.7 Å². The molecular formula is C19H24FN. The minimum Gasteiger partial charge on any atom is -0.306 e. The Kier molecular flexibility index (Phi) is 5.51. The summed E-state index contributed by atoms with van der Waals surface area (Å²) < 4.78 is 12.9. The molecule has 2 rings (SSSR count). The number of nitrogens with one attached hydrogen (secondary N) is 1. The number of benzene rings is 2. The second kappa shape index (κ2) is 7.37. The summed E-state index contributed by atoms with van der Waals surface area (Å²) in [7, 11) is 0. The molecular weight excluding hydrogens is 261 g/mol. The number of halogens is 1. The number of hydrogen-bond donors (Lipinski definition) is 1. The molecule has 0 amide bonds. The molecule has 0 aromatic heterocycles. The van der Waals surface area contributed by atoms with Gasteiger partial charge in [0.1, 0.15) is 5.82 Å². The number of rotatable bonds is 6. The molecule has 0 spiro atoms. The van der Waals surface area contributed by atoms with Gasteiger partial charge in [-0.1, -0.05) is 50.2 Å². The Hall–Kier alpha value is -1.67. The molecule has 0 aliphatic heterocycles. The van der Waals surface area contributed by atoms with E-state index in [0.29, 0.717) is 5.92 Å². The van der Waals surface area contributed by atoms with Gasteiger partial charge in [-0.15, -0.1) is 0 Å². The van der Waals surface area contributed by atoms with Crippen LogP contribution in [0.25, 0.3) is 0 Å². The van der Waals surface area contributed by atoms with Crippen molar-refractivity contribution >= 4 is 0 Å². The van der Waals surface area contributed by atoms with Gasteiger partial charge >= 0.3 is 0 Å². The summed E-state index contributed by atoms with van der Waals surface area (Å²) >= 11 is 0. The third kappa shape index (κ3) is 4.98. The van der Waals surface area contributed by atoms with Crippen LogP contribution >= 0.6 is 0 Å². The highest BCUT2D eigenvalue weighted by Gasteiger charge is 2.05. The van der Waals surface area contributed by atoms with Crippen molar-refractivity contribution in [2.45, 2.75) is 39.8 Å². The van der Waals surface area contributed by atoms with E-state index in [-0.39, 0.29) is 11.9 Å². The van der Waals surface area contributed by atoms with E-state index in [1.807, 2.05) is 12.1 Å². The fourth-order valence-corrected chi connectivity index (χ4v) is 2.40. The summed E-state index contributed by atoms with van der Waals surface area (Å²) in [5, 5.41) is 3.47. The molecule has 1 nitrogen and oxygen atoms in total. The molecule has 0 heterocycles. The van der Waals surface area contributed by atoms with Crippen molar-refractivity contribution in [1.82, 2.24) is 5.32 Å². The van der Waals surface area contributed by atoms with Crippen molar-refractivity contribution in [1.29, 1.82) is 0 Å². The maximum Gasteiger partial charge on any atom is 0.123 e. The van der Waals surface area contributed by atoms with Crippen molar-refractivity contribution in [3.63, 3.8) is 0 Å². The van der Waals surface area contributed by atoms with Gasteiger partial charge in [-0.3, -0.25) is 0 Å². The molecule has 0 saturated heterocycles. The van der Waals surface area contributed by atoms with Crippen molar-refractivity contribution in [3.8, 4) is 0 Å². The van der Waals surface area contributed by atoms with Gasteiger partial charge in [0, 0.05) is 12.6 Å². The molecule has 0 saturated carbocycles. The van der Waals surface area contributed by atoms with Crippen LogP contribution in [0.4, 0.5) is 4.39 Å². The SMILES string of the molecule is CC(C)Cc1ccc(CN[C@H](C)c2ccc(F)cc2)cc1. The van der Waals surface area contributed by atoms with Crippen LogP contribution in [-0.2, 0) is 13.0 Å². The first-order chi connectivity index (χ1) is 10.0. The van der Waals surface area contributed by atoms with Crippen LogP contribution in [0.5, 0.6) is 0 Å². The first-order valence-electron chi connectivity index (χ1n) is 7.61. The predicted octanol–water partition coefficient (Wildman–Crippen LogP) is 4.88. The van der Waals surface area contributed by atoms with Gasteiger partial charge in [0.15, 0.2) is 0 Å². The van der Waals surface area contributed by atoms with E-state index in [4.69, 9.17) is 0 Å². The van der Waals surface area contributed by atoms with Crippen LogP contribution in [0.3, 0.4) is 0 Å². The minimum atomic E-state index is -0.188. The zero-order valence-electron chi connectivity index (χ0n) is 13.1. The predicted molar refractivity (Wildman–Crippen MR) is 86.6 cm³/mol. The summed E-state index contributed by atoms with van der Waals surface area (Å²) in [4.78, 5) is 0. The van der Waals surface area contributed by atoms with Crippen molar-refractivity contribution in [3.05, 3.63) is 71.0 Å². The average molecular weight is 285 g/mol. The van der Waals surface area contributed by atoms with Gasteiger partial charge in [0.2, 0.25) is 0 Å². The van der Waals surface area contributed by atoms with E-state index in [1.165, 1.54) is 23.3 Å². The number of hydrogen-bond acceptors (Lipinski definition) is 1. The second-order valence-electron chi connectivity index (χ2n) is 6.07. The standard InChI is InChI=1S/C19H24FN/c1-14(2)12-16-4-6-17(7-5-16)13-21-15(3)18-8-10-19(20)11-9-18/h4-11,14-15,21H,12-13H2,1-3H3/t15-/m1/s1. The van der Waals surface area contributed by atoms with Gasteiger partial charge < -0.3 is 5.32 Å². The van der Waals surface area contributed by atoms with Crippen LogP contribution in [0.2, 0.25) is 0 Å². The van der Waals surface area contributed by atoms with Crippen LogP contribution in [-0.4, -0.2) is 0 Å². The van der Waals surface area contributed by atoms with Gasteiger partial charge in [-0.25, -0.2) is 4.39 Å². The monoisotopic (exact) mass is 285 g/mol. The Balaban J connectivity index is 1.88. The lowest BCUT2D eigenvalue weighted by molar-refractivity contribution is 0.571. The zero-order chi connectivity index (χ0) is 15.2. The fraction of sp³-hybridized carbons (Fsp3) is 0.368. The van der Waals surface area contributed by atoms with E-state index in [2.05, 4.69) is 50.4 Å².